The van der Waals surface area contributed by atoms with Gasteiger partial charge in [-0.2, -0.15) is 4.39 Å². The van der Waals surface area contributed by atoms with Crippen LogP contribution >= 0.6 is 0 Å². The van der Waals surface area contributed by atoms with E-state index in [1.807, 2.05) is 0 Å². The predicted molar refractivity (Wildman–Crippen MR) is 47.2 cm³/mol. The Balaban J connectivity index is 3.42. The quantitative estimate of drug-likeness (QED) is 0.470. The second-order valence-electron chi connectivity index (χ2n) is 2.74. The van der Waals surface area contributed by atoms with E-state index in [-0.39, 0.29) is 5.71 Å². The summed E-state index contributed by atoms with van der Waals surface area (Å²) in [6.07, 6.45) is 0. The Bertz CT molecular complexity index is 418. The van der Waals surface area contributed by atoms with Crippen LogP contribution in [0.25, 0.3) is 0 Å². The van der Waals surface area contributed by atoms with Crippen LogP contribution in [-0.2, 0) is 4.84 Å². The molecular weight excluding hydrogens is 211 g/mol. The van der Waals surface area contributed by atoms with E-state index in [0.29, 0.717) is 6.07 Å². The minimum absolute atomic E-state index is 0.161. The van der Waals surface area contributed by atoms with Crippen molar-refractivity contribution in [2.75, 3.05) is 7.11 Å². The Morgan fingerprint density at radius 2 is 1.93 bits per heavy atom. The lowest BCUT2D eigenvalue weighted by Gasteiger charge is -2.05. The standard InChI is InChI=1S/C9H8F3NO2/c1-4(13-15-2)7-5(10)3-6(14)8(11)9(7)12/h3,14H,1-2H3. The molecule has 0 unspecified atom stereocenters. The number of benzene rings is 1. The Morgan fingerprint density at radius 1 is 1.33 bits per heavy atom. The molecule has 1 N–H and O–H groups in total. The molecule has 0 atom stereocenters. The van der Waals surface area contributed by atoms with E-state index in [2.05, 4.69) is 9.99 Å². The summed E-state index contributed by atoms with van der Waals surface area (Å²) in [6, 6.07) is 0.475. The highest BCUT2D eigenvalue weighted by Crippen LogP contribution is 2.24. The second-order valence-corrected chi connectivity index (χ2v) is 2.74. The number of rotatable bonds is 2. The normalized spacial score (nSPS) is 11.7. The van der Waals surface area contributed by atoms with Crippen molar-refractivity contribution in [3.63, 3.8) is 0 Å². The van der Waals surface area contributed by atoms with Gasteiger partial charge in [0.15, 0.2) is 11.6 Å². The maximum Gasteiger partial charge on any atom is 0.201 e. The minimum Gasteiger partial charge on any atom is -0.505 e. The van der Waals surface area contributed by atoms with E-state index < -0.39 is 28.8 Å². The zero-order chi connectivity index (χ0) is 11.6. The van der Waals surface area contributed by atoms with Gasteiger partial charge in [0.2, 0.25) is 5.82 Å². The molecule has 0 saturated heterocycles. The number of hydrogen-bond donors (Lipinski definition) is 1. The van der Waals surface area contributed by atoms with Crippen LogP contribution in [0.2, 0.25) is 0 Å². The minimum atomic E-state index is -1.52. The fraction of sp³-hybridized carbons (Fsp3) is 0.222. The summed E-state index contributed by atoms with van der Waals surface area (Å²) in [5.41, 5.74) is -0.821. The molecule has 3 nitrogen and oxygen atoms in total. The summed E-state index contributed by atoms with van der Waals surface area (Å²) in [6.45, 7) is 1.25. The molecule has 82 valence electrons. The van der Waals surface area contributed by atoms with Gasteiger partial charge in [0.05, 0.1) is 11.3 Å². The first-order chi connectivity index (χ1) is 6.99. The molecule has 0 aliphatic heterocycles. The van der Waals surface area contributed by atoms with Crippen molar-refractivity contribution < 1.29 is 23.1 Å². The van der Waals surface area contributed by atoms with E-state index in [9.17, 15) is 13.2 Å². The number of halogens is 3. The Morgan fingerprint density at radius 3 is 2.47 bits per heavy atom. The van der Waals surface area contributed by atoms with Gasteiger partial charge in [0.1, 0.15) is 12.9 Å². The summed E-state index contributed by atoms with van der Waals surface area (Å²) in [4.78, 5) is 4.31. The summed E-state index contributed by atoms with van der Waals surface area (Å²) >= 11 is 0. The third kappa shape index (κ3) is 2.03. The second kappa shape index (κ2) is 4.20. The Labute approximate surface area is 83.8 Å². The summed E-state index contributed by atoms with van der Waals surface area (Å²) in [5, 5.41) is 12.1. The molecule has 1 aromatic rings. The molecule has 0 aliphatic carbocycles. The van der Waals surface area contributed by atoms with Crippen LogP contribution < -0.4 is 0 Å². The van der Waals surface area contributed by atoms with Gasteiger partial charge in [0.25, 0.3) is 0 Å². The molecule has 0 aliphatic rings. The van der Waals surface area contributed by atoms with E-state index in [1.165, 1.54) is 14.0 Å². The molecule has 1 rings (SSSR count). The van der Waals surface area contributed by atoms with Crippen molar-refractivity contribution in [1.29, 1.82) is 0 Å². The van der Waals surface area contributed by atoms with Crippen molar-refractivity contribution in [1.82, 2.24) is 0 Å². The maximum absolute atomic E-state index is 13.2. The van der Waals surface area contributed by atoms with Crippen LogP contribution in [0.3, 0.4) is 0 Å². The molecule has 6 heteroatoms. The molecule has 15 heavy (non-hydrogen) atoms. The van der Waals surface area contributed by atoms with E-state index in [1.54, 1.807) is 0 Å². The topological polar surface area (TPSA) is 41.8 Å². The van der Waals surface area contributed by atoms with Gasteiger partial charge in [-0.05, 0) is 6.92 Å². The molecule has 0 bridgehead atoms. The molecule has 0 radical (unpaired) electrons. The molecule has 0 saturated carbocycles. The van der Waals surface area contributed by atoms with Crippen LogP contribution in [0.1, 0.15) is 12.5 Å². The average molecular weight is 219 g/mol. The third-order valence-electron chi connectivity index (χ3n) is 1.73. The molecular formula is C9H8F3NO2. The number of phenolic OH excluding ortho intramolecular Hbond substituents is 1. The van der Waals surface area contributed by atoms with Gasteiger partial charge in [-0.1, -0.05) is 5.16 Å². The van der Waals surface area contributed by atoms with Crippen LogP contribution in [-0.4, -0.2) is 17.9 Å². The highest BCUT2D eigenvalue weighted by Gasteiger charge is 2.20. The zero-order valence-corrected chi connectivity index (χ0v) is 8.01. The monoisotopic (exact) mass is 219 g/mol. The Kier molecular flexibility index (Phi) is 3.18. The van der Waals surface area contributed by atoms with E-state index in [0.717, 1.165) is 0 Å². The molecule has 0 spiro atoms. The smallest absolute Gasteiger partial charge is 0.201 e. The lowest BCUT2D eigenvalue weighted by molar-refractivity contribution is 0.213. The summed E-state index contributed by atoms with van der Waals surface area (Å²) in [5.74, 6) is -5.20. The van der Waals surface area contributed by atoms with Gasteiger partial charge in [-0.15, -0.1) is 0 Å². The van der Waals surface area contributed by atoms with Gasteiger partial charge < -0.3 is 9.94 Å². The van der Waals surface area contributed by atoms with Crippen molar-refractivity contribution in [2.24, 2.45) is 5.16 Å². The van der Waals surface area contributed by atoms with Crippen LogP contribution in [0, 0.1) is 17.5 Å². The maximum atomic E-state index is 13.2. The number of nitrogens with zero attached hydrogens (tertiary/aromatic N) is 1. The Hall–Kier alpha value is -1.72. The lowest BCUT2D eigenvalue weighted by atomic mass is 10.1. The molecule has 0 fully saturated rings. The number of hydrogen-bond acceptors (Lipinski definition) is 3. The van der Waals surface area contributed by atoms with Crippen molar-refractivity contribution in [3.8, 4) is 5.75 Å². The highest BCUT2D eigenvalue weighted by molar-refractivity contribution is 5.99. The summed E-state index contributed by atoms with van der Waals surface area (Å²) in [7, 11) is 1.19. The van der Waals surface area contributed by atoms with Gasteiger partial charge >= 0.3 is 0 Å². The fourth-order valence-electron chi connectivity index (χ4n) is 1.10. The number of phenols is 1. The highest BCUT2D eigenvalue weighted by atomic mass is 19.2. The number of oxime groups is 1. The lowest BCUT2D eigenvalue weighted by Crippen LogP contribution is -2.06. The van der Waals surface area contributed by atoms with E-state index in [4.69, 9.17) is 5.11 Å². The largest absolute Gasteiger partial charge is 0.505 e. The zero-order valence-electron chi connectivity index (χ0n) is 8.01. The van der Waals surface area contributed by atoms with Crippen LogP contribution in [0.4, 0.5) is 13.2 Å². The first kappa shape index (κ1) is 11.4. The van der Waals surface area contributed by atoms with Gasteiger partial charge in [-0.25, -0.2) is 8.78 Å². The van der Waals surface area contributed by atoms with Crippen LogP contribution in [0.15, 0.2) is 11.2 Å². The molecule has 0 amide bonds. The molecule has 1 aromatic carbocycles. The predicted octanol–water partition coefficient (Wildman–Crippen LogP) is 2.18. The van der Waals surface area contributed by atoms with Gasteiger partial charge in [0, 0.05) is 6.07 Å². The van der Waals surface area contributed by atoms with Crippen LogP contribution in [0.5, 0.6) is 5.75 Å². The average Bonchev–Trinajstić information content (AvgIpc) is 2.15. The van der Waals surface area contributed by atoms with Gasteiger partial charge in [-0.3, -0.25) is 0 Å². The first-order valence-electron chi connectivity index (χ1n) is 3.93. The molecule has 0 aromatic heterocycles. The molecule has 0 heterocycles. The SMILES string of the molecule is CON=C(C)c1c(F)cc(O)c(F)c1F. The van der Waals surface area contributed by atoms with Crippen molar-refractivity contribution in [3.05, 3.63) is 29.1 Å². The number of aromatic hydroxyl groups is 1. The van der Waals surface area contributed by atoms with E-state index >= 15 is 0 Å². The fourth-order valence-corrected chi connectivity index (χ4v) is 1.10. The van der Waals surface area contributed by atoms with Crippen molar-refractivity contribution in [2.45, 2.75) is 6.92 Å². The van der Waals surface area contributed by atoms with Crippen molar-refractivity contribution >= 4 is 5.71 Å². The summed E-state index contributed by atoms with van der Waals surface area (Å²) < 4.78 is 39.2. The third-order valence-corrected chi connectivity index (χ3v) is 1.73. The first-order valence-corrected chi connectivity index (χ1v) is 3.93.